The molecule has 0 aliphatic heterocycles. The van der Waals surface area contributed by atoms with E-state index in [2.05, 4.69) is 15.9 Å². The van der Waals surface area contributed by atoms with Crippen molar-refractivity contribution in [2.75, 3.05) is 0 Å². The molecule has 1 aromatic carbocycles. The fourth-order valence-corrected chi connectivity index (χ4v) is 2.03. The quantitative estimate of drug-likeness (QED) is 0.725. The Kier molecular flexibility index (Phi) is 3.36. The van der Waals surface area contributed by atoms with Crippen LogP contribution >= 0.6 is 27.5 Å². The second kappa shape index (κ2) is 4.60. The van der Waals surface area contributed by atoms with E-state index in [4.69, 9.17) is 16.0 Å². The van der Waals surface area contributed by atoms with E-state index in [1.165, 1.54) is 6.07 Å². The summed E-state index contributed by atoms with van der Waals surface area (Å²) in [7, 11) is 0. The largest absolute Gasteiger partial charge is 0.452 e. The van der Waals surface area contributed by atoms with Crippen LogP contribution in [0.5, 0.6) is 0 Å². The van der Waals surface area contributed by atoms with E-state index in [0.717, 1.165) is 5.56 Å². The molecule has 1 atom stereocenters. The Hall–Kier alpha value is -0.800. The van der Waals surface area contributed by atoms with E-state index >= 15 is 0 Å². The van der Waals surface area contributed by atoms with Gasteiger partial charge in [-0.25, -0.2) is 4.39 Å². The van der Waals surface area contributed by atoms with Crippen molar-refractivity contribution in [3.8, 4) is 0 Å². The number of benzene rings is 1. The summed E-state index contributed by atoms with van der Waals surface area (Å²) in [5.74, 6) is 0.410. The molecule has 4 heteroatoms. The lowest BCUT2D eigenvalue weighted by Crippen LogP contribution is -1.93. The molecule has 0 saturated carbocycles. The molecule has 1 unspecified atom stereocenters. The lowest BCUT2D eigenvalue weighted by Gasteiger charge is -2.08. The summed E-state index contributed by atoms with van der Waals surface area (Å²) in [6.45, 7) is 1.71. The maximum atomic E-state index is 13.1. The fraction of sp³-hybridized carbons (Fsp3) is 0.167. The van der Waals surface area contributed by atoms with Crippen LogP contribution in [0, 0.1) is 12.7 Å². The summed E-state index contributed by atoms with van der Waals surface area (Å²) in [6.07, 6.45) is 0. The Morgan fingerprint density at radius 3 is 2.62 bits per heavy atom. The molecule has 2 aromatic rings. The van der Waals surface area contributed by atoms with E-state index in [9.17, 15) is 4.39 Å². The van der Waals surface area contributed by atoms with E-state index < -0.39 is 5.38 Å². The fourth-order valence-electron chi connectivity index (χ4n) is 1.45. The number of hydrogen-bond acceptors (Lipinski definition) is 1. The molecule has 0 bridgehead atoms. The van der Waals surface area contributed by atoms with Crippen LogP contribution in [-0.2, 0) is 0 Å². The number of hydrogen-bond donors (Lipinski definition) is 0. The van der Waals surface area contributed by atoms with Gasteiger partial charge in [0.2, 0.25) is 0 Å². The van der Waals surface area contributed by atoms with Crippen molar-refractivity contribution in [2.24, 2.45) is 0 Å². The minimum absolute atomic E-state index is 0.228. The highest BCUT2D eigenvalue weighted by Gasteiger charge is 2.15. The minimum atomic E-state index is -0.398. The van der Waals surface area contributed by atoms with Crippen LogP contribution < -0.4 is 0 Å². The molecule has 0 N–H and O–H groups in total. The molecule has 16 heavy (non-hydrogen) atoms. The van der Waals surface area contributed by atoms with Gasteiger partial charge in [0.15, 0.2) is 4.67 Å². The number of furan rings is 1. The van der Waals surface area contributed by atoms with Gasteiger partial charge in [0.05, 0.1) is 0 Å². The predicted octanol–water partition coefficient (Wildman–Crippen LogP) is 4.82. The van der Waals surface area contributed by atoms with Crippen molar-refractivity contribution < 1.29 is 8.81 Å². The van der Waals surface area contributed by atoms with Crippen molar-refractivity contribution in [3.05, 3.63) is 57.7 Å². The minimum Gasteiger partial charge on any atom is -0.452 e. The van der Waals surface area contributed by atoms with Crippen LogP contribution in [0.1, 0.15) is 22.3 Å². The third-order valence-electron chi connectivity index (χ3n) is 2.32. The van der Waals surface area contributed by atoms with Crippen molar-refractivity contribution in [1.82, 2.24) is 0 Å². The molecule has 2 rings (SSSR count). The first-order valence-corrected chi connectivity index (χ1v) is 5.96. The molecule has 0 aliphatic carbocycles. The van der Waals surface area contributed by atoms with Gasteiger partial charge in [-0.15, -0.1) is 11.6 Å². The lowest BCUT2D eigenvalue weighted by atomic mass is 10.1. The molecule has 0 saturated heterocycles. The van der Waals surface area contributed by atoms with Gasteiger partial charge < -0.3 is 4.42 Å². The van der Waals surface area contributed by atoms with Gasteiger partial charge in [-0.3, -0.25) is 0 Å². The second-order valence-corrected chi connectivity index (χ2v) is 4.73. The first kappa shape index (κ1) is 11.7. The molecule has 0 spiro atoms. The first-order valence-electron chi connectivity index (χ1n) is 4.73. The van der Waals surface area contributed by atoms with Gasteiger partial charge in [0, 0.05) is 0 Å². The Morgan fingerprint density at radius 1 is 1.31 bits per heavy atom. The maximum absolute atomic E-state index is 13.1. The average Bonchev–Trinajstić information content (AvgIpc) is 2.68. The molecule has 0 radical (unpaired) electrons. The first-order chi connectivity index (χ1) is 7.58. The SMILES string of the molecule is Cc1cc(C(Cl)c2ccc(Br)o2)ccc1F. The van der Waals surface area contributed by atoms with Crippen molar-refractivity contribution >= 4 is 27.5 Å². The van der Waals surface area contributed by atoms with Crippen LogP contribution in [0.15, 0.2) is 39.4 Å². The maximum Gasteiger partial charge on any atom is 0.169 e. The van der Waals surface area contributed by atoms with E-state index in [-0.39, 0.29) is 5.82 Å². The van der Waals surface area contributed by atoms with Gasteiger partial charge in [0.1, 0.15) is 17.0 Å². The van der Waals surface area contributed by atoms with Crippen molar-refractivity contribution in [1.29, 1.82) is 0 Å². The Bertz CT molecular complexity index is 509. The molecule has 1 heterocycles. The molecule has 0 amide bonds. The van der Waals surface area contributed by atoms with Gasteiger partial charge in [-0.1, -0.05) is 12.1 Å². The molecule has 0 fully saturated rings. The predicted molar refractivity (Wildman–Crippen MR) is 65.2 cm³/mol. The van der Waals surface area contributed by atoms with E-state index in [1.54, 1.807) is 31.2 Å². The summed E-state index contributed by atoms with van der Waals surface area (Å²) in [6, 6.07) is 8.37. The third-order valence-corrected chi connectivity index (χ3v) is 3.21. The van der Waals surface area contributed by atoms with Gasteiger partial charge in [-0.05, 0) is 52.2 Å². The Morgan fingerprint density at radius 2 is 2.06 bits per heavy atom. The zero-order chi connectivity index (χ0) is 11.7. The molecule has 84 valence electrons. The number of halogens is 3. The zero-order valence-corrected chi connectivity index (χ0v) is 10.8. The molecule has 1 nitrogen and oxygen atoms in total. The van der Waals surface area contributed by atoms with Crippen LogP contribution in [0.2, 0.25) is 0 Å². The Balaban J connectivity index is 2.33. The summed E-state index contributed by atoms with van der Waals surface area (Å²) in [4.78, 5) is 0. The summed E-state index contributed by atoms with van der Waals surface area (Å²) < 4.78 is 19.1. The standard InChI is InChI=1S/C12H9BrClFO/c1-7-6-8(2-3-9(7)15)12(14)10-4-5-11(13)16-10/h2-6,12H,1H3. The van der Waals surface area contributed by atoms with Gasteiger partial charge in [0.25, 0.3) is 0 Å². The molecule has 0 aliphatic rings. The average molecular weight is 304 g/mol. The van der Waals surface area contributed by atoms with Crippen molar-refractivity contribution in [2.45, 2.75) is 12.3 Å². The third kappa shape index (κ3) is 2.30. The summed E-state index contributed by atoms with van der Waals surface area (Å²) in [5.41, 5.74) is 1.40. The zero-order valence-electron chi connectivity index (χ0n) is 8.51. The van der Waals surface area contributed by atoms with Crippen LogP contribution in [0.25, 0.3) is 0 Å². The van der Waals surface area contributed by atoms with Crippen LogP contribution in [-0.4, -0.2) is 0 Å². The summed E-state index contributed by atoms with van der Waals surface area (Å²) in [5, 5.41) is -0.398. The highest BCUT2D eigenvalue weighted by Crippen LogP contribution is 2.32. The Labute approximate surface area is 106 Å². The van der Waals surface area contributed by atoms with Gasteiger partial charge in [-0.2, -0.15) is 0 Å². The van der Waals surface area contributed by atoms with E-state index in [0.29, 0.717) is 16.0 Å². The van der Waals surface area contributed by atoms with Gasteiger partial charge >= 0.3 is 0 Å². The molecule has 1 aromatic heterocycles. The highest BCUT2D eigenvalue weighted by molar-refractivity contribution is 9.10. The van der Waals surface area contributed by atoms with E-state index in [1.807, 2.05) is 0 Å². The normalized spacial score (nSPS) is 12.8. The van der Waals surface area contributed by atoms with Crippen LogP contribution in [0.4, 0.5) is 4.39 Å². The molecular weight excluding hydrogens is 294 g/mol. The number of aryl methyl sites for hydroxylation is 1. The molecular formula is C12H9BrClFO. The highest BCUT2D eigenvalue weighted by atomic mass is 79.9. The number of rotatable bonds is 2. The monoisotopic (exact) mass is 302 g/mol. The van der Waals surface area contributed by atoms with Crippen LogP contribution in [0.3, 0.4) is 0 Å². The smallest absolute Gasteiger partial charge is 0.169 e. The second-order valence-electron chi connectivity index (χ2n) is 3.51. The number of alkyl halides is 1. The topological polar surface area (TPSA) is 13.1 Å². The summed E-state index contributed by atoms with van der Waals surface area (Å²) >= 11 is 9.45. The lowest BCUT2D eigenvalue weighted by molar-refractivity contribution is 0.494. The van der Waals surface area contributed by atoms with Crippen molar-refractivity contribution in [3.63, 3.8) is 0 Å².